The summed E-state index contributed by atoms with van der Waals surface area (Å²) in [4.78, 5) is 46.9. The maximum Gasteiger partial charge on any atom is 0.341 e. The lowest BCUT2D eigenvalue weighted by Gasteiger charge is -2.37. The number of carbonyl (C=O) groups excluding carboxylic acids is 1. The van der Waals surface area contributed by atoms with E-state index in [9.17, 15) is 14.4 Å². The van der Waals surface area contributed by atoms with Crippen LogP contribution in [0.2, 0.25) is 0 Å². The van der Waals surface area contributed by atoms with E-state index in [2.05, 4.69) is 35.4 Å². The van der Waals surface area contributed by atoms with Gasteiger partial charge < -0.3 is 15.2 Å². The van der Waals surface area contributed by atoms with E-state index in [1.54, 1.807) is 0 Å². The van der Waals surface area contributed by atoms with Crippen LogP contribution in [0.3, 0.4) is 0 Å². The number of aromatic amines is 3. The average molecular weight is 359 g/mol. The summed E-state index contributed by atoms with van der Waals surface area (Å²) in [5.41, 5.74) is -1.13. The quantitative estimate of drug-likeness (QED) is 0.603. The van der Waals surface area contributed by atoms with Crippen LogP contribution in [-0.4, -0.2) is 49.2 Å². The molecule has 1 aliphatic carbocycles. The molecule has 0 spiro atoms. The molecule has 4 N–H and O–H groups in total. The summed E-state index contributed by atoms with van der Waals surface area (Å²) in [7, 11) is 0. The molecule has 0 radical (unpaired) electrons. The van der Waals surface area contributed by atoms with Gasteiger partial charge in [0.15, 0.2) is 0 Å². The van der Waals surface area contributed by atoms with Gasteiger partial charge in [0.1, 0.15) is 5.82 Å². The second-order valence-electron chi connectivity index (χ2n) is 6.96. The van der Waals surface area contributed by atoms with Gasteiger partial charge in [-0.25, -0.2) is 14.9 Å². The topological polar surface area (TPSA) is 140 Å². The fourth-order valence-corrected chi connectivity index (χ4v) is 4.28. The SMILES string of the molecule is O=C(NC12CCCCCC1N(c1cc(=O)[nH]cn1)CC2)c1n[nH]c(=O)[nH]1. The number of H-pyrrole nitrogens is 3. The van der Waals surface area contributed by atoms with Crippen LogP contribution in [0.1, 0.15) is 49.1 Å². The summed E-state index contributed by atoms with van der Waals surface area (Å²) in [6.45, 7) is 0.707. The zero-order valence-electron chi connectivity index (χ0n) is 14.2. The van der Waals surface area contributed by atoms with Crippen molar-refractivity contribution in [2.24, 2.45) is 0 Å². The first kappa shape index (κ1) is 16.6. The van der Waals surface area contributed by atoms with Gasteiger partial charge in [-0.3, -0.25) is 14.6 Å². The molecule has 1 saturated carbocycles. The summed E-state index contributed by atoms with van der Waals surface area (Å²) in [5.74, 6) is 0.223. The van der Waals surface area contributed by atoms with Crippen molar-refractivity contribution in [3.8, 4) is 0 Å². The maximum absolute atomic E-state index is 12.6. The summed E-state index contributed by atoms with van der Waals surface area (Å²) in [5, 5.41) is 9.08. The molecular formula is C16H21N7O3. The van der Waals surface area contributed by atoms with E-state index in [-0.39, 0.29) is 17.4 Å². The molecule has 2 fully saturated rings. The lowest BCUT2D eigenvalue weighted by molar-refractivity contribution is 0.0875. The highest BCUT2D eigenvalue weighted by atomic mass is 16.2. The number of nitrogens with zero attached hydrogens (tertiary/aromatic N) is 3. The second kappa shape index (κ2) is 6.43. The van der Waals surface area contributed by atoms with Crippen molar-refractivity contribution in [1.82, 2.24) is 30.5 Å². The highest BCUT2D eigenvalue weighted by Crippen LogP contribution is 2.40. The molecule has 138 valence electrons. The lowest BCUT2D eigenvalue weighted by Crippen LogP contribution is -2.56. The van der Waals surface area contributed by atoms with Crippen molar-refractivity contribution in [2.45, 2.75) is 50.1 Å². The third-order valence-electron chi connectivity index (χ3n) is 5.45. The van der Waals surface area contributed by atoms with Crippen molar-refractivity contribution in [2.75, 3.05) is 11.4 Å². The average Bonchev–Trinajstić information content (AvgIpc) is 3.14. The number of hydrogen-bond donors (Lipinski definition) is 4. The lowest BCUT2D eigenvalue weighted by atomic mass is 9.85. The summed E-state index contributed by atoms with van der Waals surface area (Å²) in [6.07, 6.45) is 7.09. The Hall–Kier alpha value is -2.91. The summed E-state index contributed by atoms with van der Waals surface area (Å²) < 4.78 is 0. The van der Waals surface area contributed by atoms with Crippen molar-refractivity contribution in [3.63, 3.8) is 0 Å². The molecule has 10 nitrogen and oxygen atoms in total. The molecular weight excluding hydrogens is 338 g/mol. The van der Waals surface area contributed by atoms with Gasteiger partial charge in [0.05, 0.1) is 17.9 Å². The first-order valence-corrected chi connectivity index (χ1v) is 8.86. The van der Waals surface area contributed by atoms with Gasteiger partial charge in [-0.2, -0.15) is 0 Å². The predicted molar refractivity (Wildman–Crippen MR) is 93.1 cm³/mol. The molecule has 1 amide bonds. The summed E-state index contributed by atoms with van der Waals surface area (Å²) in [6, 6.07) is 1.54. The molecule has 2 aromatic heterocycles. The van der Waals surface area contributed by atoms with Crippen LogP contribution in [-0.2, 0) is 0 Å². The van der Waals surface area contributed by atoms with Crippen LogP contribution < -0.4 is 21.5 Å². The molecule has 3 heterocycles. The number of amides is 1. The van der Waals surface area contributed by atoms with E-state index in [0.717, 1.165) is 38.5 Å². The van der Waals surface area contributed by atoms with Crippen molar-refractivity contribution in [1.29, 1.82) is 0 Å². The standard InChI is InChI=1S/C16H21N7O3/c24-12-8-11(17-9-18-12)23-7-6-16(5-3-1-2-4-10(16)23)20-14(25)13-19-15(26)22-21-13/h8-10H,1-7H2,(H,20,25)(H,17,18,24)(H2,19,21,22,26). The first-order valence-electron chi connectivity index (χ1n) is 8.86. The number of hydrogen-bond acceptors (Lipinski definition) is 6. The number of fused-ring (bicyclic) bond motifs is 1. The Morgan fingerprint density at radius 3 is 2.92 bits per heavy atom. The minimum absolute atomic E-state index is 0.0138. The Balaban J connectivity index is 1.64. The van der Waals surface area contributed by atoms with E-state index in [1.165, 1.54) is 12.4 Å². The maximum atomic E-state index is 12.6. The third-order valence-corrected chi connectivity index (χ3v) is 5.45. The van der Waals surface area contributed by atoms with Gasteiger partial charge in [0.25, 0.3) is 11.5 Å². The van der Waals surface area contributed by atoms with E-state index in [4.69, 9.17) is 0 Å². The fourth-order valence-electron chi connectivity index (χ4n) is 4.28. The first-order chi connectivity index (χ1) is 12.6. The Morgan fingerprint density at radius 1 is 1.27 bits per heavy atom. The molecule has 2 aromatic rings. The normalized spacial score (nSPS) is 25.5. The molecule has 2 aliphatic rings. The molecule has 0 aromatic carbocycles. The molecule has 2 atom stereocenters. The smallest absolute Gasteiger partial charge is 0.341 e. The van der Waals surface area contributed by atoms with Crippen LogP contribution in [0.15, 0.2) is 22.0 Å². The molecule has 4 rings (SSSR count). The molecule has 1 saturated heterocycles. The van der Waals surface area contributed by atoms with Gasteiger partial charge in [0, 0.05) is 12.6 Å². The molecule has 2 unspecified atom stereocenters. The Bertz CT molecular complexity index is 917. The highest BCUT2D eigenvalue weighted by Gasteiger charge is 2.49. The monoisotopic (exact) mass is 359 g/mol. The van der Waals surface area contributed by atoms with Crippen LogP contribution in [0.25, 0.3) is 0 Å². The molecule has 26 heavy (non-hydrogen) atoms. The van der Waals surface area contributed by atoms with E-state index in [0.29, 0.717) is 12.4 Å². The minimum atomic E-state index is -0.508. The zero-order chi connectivity index (χ0) is 18.1. The molecule has 1 aliphatic heterocycles. The van der Waals surface area contributed by atoms with Crippen LogP contribution in [0, 0.1) is 0 Å². The molecule has 0 bridgehead atoms. The third kappa shape index (κ3) is 2.91. The number of nitrogens with one attached hydrogen (secondary N) is 4. The fraction of sp³-hybridized carbons (Fsp3) is 0.562. The number of rotatable bonds is 3. The van der Waals surface area contributed by atoms with Gasteiger partial charge in [-0.1, -0.05) is 19.3 Å². The number of aromatic nitrogens is 5. The minimum Gasteiger partial charge on any atom is -0.351 e. The van der Waals surface area contributed by atoms with Crippen molar-refractivity contribution in [3.05, 3.63) is 39.1 Å². The van der Waals surface area contributed by atoms with Crippen molar-refractivity contribution >= 4 is 11.7 Å². The van der Waals surface area contributed by atoms with E-state index >= 15 is 0 Å². The van der Waals surface area contributed by atoms with Crippen LogP contribution in [0.4, 0.5) is 5.82 Å². The van der Waals surface area contributed by atoms with Crippen LogP contribution >= 0.6 is 0 Å². The van der Waals surface area contributed by atoms with Gasteiger partial charge in [0.2, 0.25) is 5.82 Å². The number of anilines is 1. The Morgan fingerprint density at radius 2 is 2.15 bits per heavy atom. The summed E-state index contributed by atoms with van der Waals surface area (Å²) >= 11 is 0. The second-order valence-corrected chi connectivity index (χ2v) is 6.96. The van der Waals surface area contributed by atoms with Gasteiger partial charge >= 0.3 is 5.69 Å². The molecule has 10 heteroatoms. The van der Waals surface area contributed by atoms with Crippen molar-refractivity contribution < 1.29 is 4.79 Å². The van der Waals surface area contributed by atoms with E-state index < -0.39 is 17.1 Å². The highest BCUT2D eigenvalue weighted by molar-refractivity contribution is 5.91. The zero-order valence-corrected chi connectivity index (χ0v) is 14.2. The van der Waals surface area contributed by atoms with Gasteiger partial charge in [-0.05, 0) is 19.3 Å². The number of carbonyl (C=O) groups is 1. The Labute approximate surface area is 148 Å². The van der Waals surface area contributed by atoms with Gasteiger partial charge in [-0.15, -0.1) is 5.10 Å². The van der Waals surface area contributed by atoms with E-state index in [1.807, 2.05) is 0 Å². The Kier molecular flexibility index (Phi) is 4.09. The predicted octanol–water partition coefficient (Wildman–Crippen LogP) is -0.107. The largest absolute Gasteiger partial charge is 0.351 e. The van der Waals surface area contributed by atoms with Crippen LogP contribution in [0.5, 0.6) is 0 Å².